The summed E-state index contributed by atoms with van der Waals surface area (Å²) in [7, 11) is 1.65. The lowest BCUT2D eigenvalue weighted by molar-refractivity contribution is 0.414. The lowest BCUT2D eigenvalue weighted by atomic mass is 10.1. The van der Waals surface area contributed by atoms with Crippen molar-refractivity contribution in [2.24, 2.45) is 0 Å². The number of methoxy groups -OCH3 is 1. The van der Waals surface area contributed by atoms with Gasteiger partial charge in [-0.2, -0.15) is 0 Å². The van der Waals surface area contributed by atoms with Gasteiger partial charge in [-0.25, -0.2) is 0 Å². The molecule has 3 nitrogen and oxygen atoms in total. The zero-order valence-electron chi connectivity index (χ0n) is 10.3. The Kier molecular flexibility index (Phi) is 3.63. The van der Waals surface area contributed by atoms with Crippen LogP contribution in [-0.4, -0.2) is 7.11 Å². The van der Waals surface area contributed by atoms with Gasteiger partial charge in [-0.1, -0.05) is 11.6 Å². The molecule has 0 heterocycles. The molecule has 0 spiro atoms. The van der Waals surface area contributed by atoms with Gasteiger partial charge in [0, 0.05) is 10.7 Å². The van der Waals surface area contributed by atoms with Crippen LogP contribution in [0.4, 0.5) is 17.1 Å². The molecule has 0 bridgehead atoms. The Morgan fingerprint density at radius 1 is 1.11 bits per heavy atom. The summed E-state index contributed by atoms with van der Waals surface area (Å²) < 4.78 is 5.17. The third-order valence-electron chi connectivity index (χ3n) is 2.72. The molecule has 2 aromatic carbocycles. The summed E-state index contributed by atoms with van der Waals surface area (Å²) in [6.45, 7) is 2.01. The average Bonchev–Trinajstić information content (AvgIpc) is 2.34. The molecule has 0 amide bonds. The average molecular weight is 263 g/mol. The molecule has 0 atom stereocenters. The highest BCUT2D eigenvalue weighted by Gasteiger charge is 2.04. The number of nitrogen functional groups attached to an aromatic ring is 1. The van der Waals surface area contributed by atoms with Gasteiger partial charge in [0.1, 0.15) is 5.75 Å². The normalized spacial score (nSPS) is 10.2. The number of halogens is 1. The van der Waals surface area contributed by atoms with E-state index in [0.29, 0.717) is 10.7 Å². The van der Waals surface area contributed by atoms with E-state index in [1.54, 1.807) is 19.2 Å². The molecule has 0 fully saturated rings. The summed E-state index contributed by atoms with van der Waals surface area (Å²) in [6.07, 6.45) is 0. The second-order valence-corrected chi connectivity index (χ2v) is 4.47. The quantitative estimate of drug-likeness (QED) is 0.823. The SMILES string of the molecule is COc1ccc(Nc2ccc(Cl)cc2N)c(C)c1. The summed E-state index contributed by atoms with van der Waals surface area (Å²) in [6, 6.07) is 11.2. The standard InChI is InChI=1S/C14H15ClN2O/c1-9-7-11(18-2)4-6-13(9)17-14-5-3-10(15)8-12(14)16/h3-8,17H,16H2,1-2H3. The van der Waals surface area contributed by atoms with Crippen molar-refractivity contribution in [3.05, 3.63) is 47.0 Å². The minimum atomic E-state index is 0.623. The van der Waals surface area contributed by atoms with Crippen molar-refractivity contribution in [3.8, 4) is 5.75 Å². The Morgan fingerprint density at radius 3 is 2.44 bits per heavy atom. The van der Waals surface area contributed by atoms with Crippen LogP contribution >= 0.6 is 11.6 Å². The second-order valence-electron chi connectivity index (χ2n) is 4.04. The van der Waals surface area contributed by atoms with Gasteiger partial charge in [0.15, 0.2) is 0 Å². The molecule has 0 aliphatic carbocycles. The highest BCUT2D eigenvalue weighted by Crippen LogP contribution is 2.29. The smallest absolute Gasteiger partial charge is 0.119 e. The second kappa shape index (κ2) is 5.19. The van der Waals surface area contributed by atoms with E-state index in [1.165, 1.54) is 0 Å². The highest BCUT2D eigenvalue weighted by atomic mass is 35.5. The molecule has 0 unspecified atom stereocenters. The van der Waals surface area contributed by atoms with Gasteiger partial charge in [-0.05, 0) is 48.9 Å². The van der Waals surface area contributed by atoms with E-state index < -0.39 is 0 Å². The molecule has 3 N–H and O–H groups in total. The topological polar surface area (TPSA) is 47.3 Å². The molecule has 94 valence electrons. The highest BCUT2D eigenvalue weighted by molar-refractivity contribution is 6.31. The molecular formula is C14H15ClN2O. The zero-order valence-corrected chi connectivity index (χ0v) is 11.1. The fourth-order valence-electron chi connectivity index (χ4n) is 1.70. The van der Waals surface area contributed by atoms with Gasteiger partial charge >= 0.3 is 0 Å². The minimum absolute atomic E-state index is 0.623. The van der Waals surface area contributed by atoms with Crippen molar-refractivity contribution in [1.29, 1.82) is 0 Å². The first-order valence-corrected chi connectivity index (χ1v) is 5.94. The Morgan fingerprint density at radius 2 is 1.83 bits per heavy atom. The number of anilines is 3. The number of nitrogens with one attached hydrogen (secondary N) is 1. The number of rotatable bonds is 3. The predicted molar refractivity (Wildman–Crippen MR) is 76.9 cm³/mol. The van der Waals surface area contributed by atoms with Crippen molar-refractivity contribution < 1.29 is 4.74 Å². The van der Waals surface area contributed by atoms with Gasteiger partial charge in [0.2, 0.25) is 0 Å². The summed E-state index contributed by atoms with van der Waals surface area (Å²) in [5, 5.41) is 3.91. The van der Waals surface area contributed by atoms with E-state index in [1.807, 2.05) is 31.2 Å². The Hall–Kier alpha value is -1.87. The largest absolute Gasteiger partial charge is 0.497 e. The molecule has 0 radical (unpaired) electrons. The van der Waals surface area contributed by atoms with Crippen LogP contribution in [0.3, 0.4) is 0 Å². The van der Waals surface area contributed by atoms with Gasteiger partial charge < -0.3 is 15.8 Å². The van der Waals surface area contributed by atoms with E-state index in [-0.39, 0.29) is 0 Å². The molecule has 0 saturated carbocycles. The van der Waals surface area contributed by atoms with Gasteiger partial charge in [-0.15, -0.1) is 0 Å². The van der Waals surface area contributed by atoms with E-state index in [4.69, 9.17) is 22.1 Å². The first-order valence-electron chi connectivity index (χ1n) is 5.57. The number of aryl methyl sites for hydroxylation is 1. The fraction of sp³-hybridized carbons (Fsp3) is 0.143. The molecule has 0 aliphatic heterocycles. The molecular weight excluding hydrogens is 248 g/mol. The molecule has 0 aliphatic rings. The van der Waals surface area contributed by atoms with Crippen LogP contribution in [0.5, 0.6) is 5.75 Å². The molecule has 18 heavy (non-hydrogen) atoms. The van der Waals surface area contributed by atoms with Crippen LogP contribution in [0.2, 0.25) is 5.02 Å². The molecule has 2 aromatic rings. The predicted octanol–water partition coefficient (Wildman–Crippen LogP) is 3.98. The van der Waals surface area contributed by atoms with Gasteiger partial charge in [0.05, 0.1) is 18.5 Å². The number of hydrogen-bond donors (Lipinski definition) is 2. The number of hydrogen-bond acceptors (Lipinski definition) is 3. The van der Waals surface area contributed by atoms with Gasteiger partial charge in [-0.3, -0.25) is 0 Å². The van der Waals surface area contributed by atoms with E-state index in [2.05, 4.69) is 5.32 Å². The maximum atomic E-state index is 5.90. The summed E-state index contributed by atoms with van der Waals surface area (Å²) in [4.78, 5) is 0. The first kappa shape index (κ1) is 12.6. The van der Waals surface area contributed by atoms with Crippen molar-refractivity contribution >= 4 is 28.7 Å². The Bertz CT molecular complexity index is 570. The van der Waals surface area contributed by atoms with Crippen LogP contribution in [-0.2, 0) is 0 Å². The van der Waals surface area contributed by atoms with Gasteiger partial charge in [0.25, 0.3) is 0 Å². The Labute approximate surface area is 112 Å². The molecule has 0 aromatic heterocycles. The van der Waals surface area contributed by atoms with Crippen molar-refractivity contribution in [3.63, 3.8) is 0 Å². The summed E-state index contributed by atoms with van der Waals surface area (Å²) in [5.74, 6) is 0.835. The van der Waals surface area contributed by atoms with Crippen molar-refractivity contribution in [2.45, 2.75) is 6.92 Å². The molecule has 0 saturated heterocycles. The van der Waals surface area contributed by atoms with Crippen LogP contribution in [0.1, 0.15) is 5.56 Å². The molecule has 4 heteroatoms. The minimum Gasteiger partial charge on any atom is -0.497 e. The number of nitrogens with two attached hydrogens (primary N) is 1. The lowest BCUT2D eigenvalue weighted by Crippen LogP contribution is -1.98. The summed E-state index contributed by atoms with van der Waals surface area (Å²) in [5.41, 5.74) is 9.44. The van der Waals surface area contributed by atoms with Crippen molar-refractivity contribution in [1.82, 2.24) is 0 Å². The van der Waals surface area contributed by atoms with E-state index >= 15 is 0 Å². The fourth-order valence-corrected chi connectivity index (χ4v) is 1.88. The number of ether oxygens (including phenoxy) is 1. The van der Waals surface area contributed by atoms with Crippen LogP contribution in [0.25, 0.3) is 0 Å². The number of benzene rings is 2. The third kappa shape index (κ3) is 2.68. The van der Waals surface area contributed by atoms with Crippen molar-refractivity contribution in [2.75, 3.05) is 18.2 Å². The maximum absolute atomic E-state index is 5.90. The van der Waals surface area contributed by atoms with E-state index in [9.17, 15) is 0 Å². The van der Waals surface area contributed by atoms with Crippen LogP contribution in [0.15, 0.2) is 36.4 Å². The van der Waals surface area contributed by atoms with Crippen LogP contribution < -0.4 is 15.8 Å². The third-order valence-corrected chi connectivity index (χ3v) is 2.95. The van der Waals surface area contributed by atoms with Crippen LogP contribution in [0, 0.1) is 6.92 Å². The Balaban J connectivity index is 2.28. The van der Waals surface area contributed by atoms with E-state index in [0.717, 1.165) is 22.7 Å². The zero-order chi connectivity index (χ0) is 13.1. The lowest BCUT2D eigenvalue weighted by Gasteiger charge is -2.13. The first-order chi connectivity index (χ1) is 8.60. The summed E-state index contributed by atoms with van der Waals surface area (Å²) >= 11 is 5.87. The molecule has 2 rings (SSSR count). The monoisotopic (exact) mass is 262 g/mol. The maximum Gasteiger partial charge on any atom is 0.119 e.